The molecule has 2 N–H and O–H groups in total. The first-order valence-corrected chi connectivity index (χ1v) is 2.05. The van der Waals surface area contributed by atoms with Crippen LogP contribution in [0.5, 0.6) is 0 Å². The van der Waals surface area contributed by atoms with E-state index in [2.05, 4.69) is 17.9 Å². The Bertz CT molecular complexity index is 41.8. The van der Waals surface area contributed by atoms with Gasteiger partial charge in [-0.1, -0.05) is 6.08 Å². The molecule has 0 rings (SSSR count). The van der Waals surface area contributed by atoms with Crippen LogP contribution in [0.4, 0.5) is 0 Å². The topological polar surface area (TPSA) is 40.7 Å². The van der Waals surface area contributed by atoms with Gasteiger partial charge in [-0.05, 0) is 6.92 Å². The van der Waals surface area contributed by atoms with Crippen LogP contribution in [-0.4, -0.2) is 12.6 Å². The van der Waals surface area contributed by atoms with Crippen molar-refractivity contribution in [2.45, 2.75) is 6.92 Å². The van der Waals surface area contributed by atoms with Crippen LogP contribution in [-0.2, 0) is 4.74 Å². The predicted molar refractivity (Wildman–Crippen MR) is 36.7 cm³/mol. The number of methoxy groups -OCH3 is 1. The smallest absolute Gasteiger partial charge is 0.0781 e. The fraction of sp³-hybridized carbons (Fsp3) is 0.333. The Kier molecular flexibility index (Phi) is 66.9. The summed E-state index contributed by atoms with van der Waals surface area (Å²) < 4.78 is 4.51. The van der Waals surface area contributed by atoms with Gasteiger partial charge in [-0.15, -0.1) is 13.2 Å². The van der Waals surface area contributed by atoms with E-state index in [1.807, 2.05) is 13.0 Å². The van der Waals surface area contributed by atoms with Crippen LogP contribution in [0, 0.1) is 0 Å². The molecule has 0 aliphatic rings. The molecule has 50 valence electrons. The van der Waals surface area contributed by atoms with Gasteiger partial charge in [0.15, 0.2) is 0 Å². The molecule has 0 saturated carbocycles. The highest BCUT2D eigenvalue weighted by Crippen LogP contribution is 1.64. The van der Waals surface area contributed by atoms with Gasteiger partial charge >= 0.3 is 0 Å². The van der Waals surface area contributed by atoms with Crippen molar-refractivity contribution in [2.75, 3.05) is 7.11 Å². The van der Waals surface area contributed by atoms with Crippen molar-refractivity contribution < 1.29 is 10.2 Å². The van der Waals surface area contributed by atoms with Crippen molar-refractivity contribution in [3.63, 3.8) is 0 Å². The summed E-state index contributed by atoms with van der Waals surface area (Å²) >= 11 is 0. The molecule has 0 aromatic heterocycles. The lowest BCUT2D eigenvalue weighted by atomic mass is 10.7. The minimum Gasteiger partial charge on any atom is -0.505 e. The molecule has 0 spiro atoms. The summed E-state index contributed by atoms with van der Waals surface area (Å²) in [5.41, 5.74) is 0. The lowest BCUT2D eigenvalue weighted by Crippen LogP contribution is -1.57. The second kappa shape index (κ2) is 34.1. The number of hydrogen-bond acceptors (Lipinski definition) is 1. The number of rotatable bonds is 1. The van der Waals surface area contributed by atoms with Crippen molar-refractivity contribution in [3.05, 3.63) is 25.5 Å². The molecule has 2 heteroatoms. The molecule has 0 aliphatic carbocycles. The van der Waals surface area contributed by atoms with Gasteiger partial charge in [0.1, 0.15) is 0 Å². The van der Waals surface area contributed by atoms with Crippen LogP contribution in [0.1, 0.15) is 6.92 Å². The molecule has 0 aliphatic heterocycles. The van der Waals surface area contributed by atoms with Crippen molar-refractivity contribution in [1.29, 1.82) is 0 Å². The maximum atomic E-state index is 4.51. The Morgan fingerprint density at radius 1 is 1.38 bits per heavy atom. The molecule has 2 nitrogen and oxygen atoms in total. The summed E-state index contributed by atoms with van der Waals surface area (Å²) in [6, 6.07) is 0. The van der Waals surface area contributed by atoms with E-state index in [4.69, 9.17) is 0 Å². The van der Waals surface area contributed by atoms with Crippen LogP contribution in [0.25, 0.3) is 0 Å². The maximum absolute atomic E-state index is 4.51. The molecule has 0 bridgehead atoms. The van der Waals surface area contributed by atoms with Crippen molar-refractivity contribution in [1.82, 2.24) is 0 Å². The highest BCUT2D eigenvalue weighted by Gasteiger charge is 1.47. The summed E-state index contributed by atoms with van der Waals surface area (Å²) in [6.45, 7) is 7.91. The van der Waals surface area contributed by atoms with Gasteiger partial charge in [-0.25, -0.2) is 0 Å². The fourth-order valence-corrected chi connectivity index (χ4v) is 0.136. The third kappa shape index (κ3) is 61.3. The van der Waals surface area contributed by atoms with E-state index in [1.54, 1.807) is 13.4 Å². The van der Waals surface area contributed by atoms with Gasteiger partial charge < -0.3 is 10.2 Å². The first kappa shape index (κ1) is 15.7. The monoisotopic (exact) mass is 118 g/mol. The highest BCUT2D eigenvalue weighted by atomic mass is 16.5. The zero-order chi connectivity index (χ0) is 6.12. The second-order valence-electron chi connectivity index (χ2n) is 0.705. The highest BCUT2D eigenvalue weighted by molar-refractivity contribution is 4.63. The van der Waals surface area contributed by atoms with Crippen molar-refractivity contribution in [2.24, 2.45) is 0 Å². The van der Waals surface area contributed by atoms with E-state index in [0.29, 0.717) is 0 Å². The second-order valence-corrected chi connectivity index (χ2v) is 0.705. The van der Waals surface area contributed by atoms with Gasteiger partial charge in [0.05, 0.1) is 13.4 Å². The zero-order valence-electron chi connectivity index (χ0n) is 5.48. The number of hydrogen-bond donors (Lipinski definition) is 0. The fourth-order valence-electron chi connectivity index (χ4n) is 0.136. The summed E-state index contributed by atoms with van der Waals surface area (Å²) in [5, 5.41) is 0. The van der Waals surface area contributed by atoms with Crippen LogP contribution in [0.3, 0.4) is 0 Å². The Hall–Kier alpha value is -0.760. The molecule has 0 radical (unpaired) electrons. The maximum Gasteiger partial charge on any atom is 0.0781 e. The van der Waals surface area contributed by atoms with E-state index < -0.39 is 0 Å². The molecule has 0 saturated heterocycles. The molecule has 0 aromatic rings. The molecule has 0 heterocycles. The Morgan fingerprint density at radius 2 is 1.75 bits per heavy atom. The lowest BCUT2D eigenvalue weighted by molar-refractivity contribution is 0.337. The molecular formula is C6H14O2. The minimum absolute atomic E-state index is 0. The lowest BCUT2D eigenvalue weighted by Gasteiger charge is -1.76. The van der Waals surface area contributed by atoms with E-state index in [9.17, 15) is 0 Å². The van der Waals surface area contributed by atoms with Gasteiger partial charge in [0.25, 0.3) is 0 Å². The number of ether oxygens (including phenoxy) is 1. The zero-order valence-corrected chi connectivity index (χ0v) is 5.48. The van der Waals surface area contributed by atoms with E-state index in [-0.39, 0.29) is 5.48 Å². The van der Waals surface area contributed by atoms with Gasteiger partial charge in [0.2, 0.25) is 0 Å². The van der Waals surface area contributed by atoms with E-state index >= 15 is 0 Å². The molecule has 0 fully saturated rings. The normalized spacial score (nSPS) is 6.25. The molecule has 0 atom stereocenters. The summed E-state index contributed by atoms with van der Waals surface area (Å²) in [7, 11) is 1.62. The third-order valence-corrected chi connectivity index (χ3v) is 0.272. The molecule has 0 unspecified atom stereocenters. The quantitative estimate of drug-likeness (QED) is 0.376. The molecule has 0 amide bonds. The summed E-state index contributed by atoms with van der Waals surface area (Å²) in [4.78, 5) is 0. The Labute approximate surface area is 50.8 Å². The Balaban J connectivity index is -0.0000000750. The minimum atomic E-state index is 0. The first-order chi connectivity index (χ1) is 3.41. The van der Waals surface area contributed by atoms with Crippen LogP contribution in [0.2, 0.25) is 0 Å². The van der Waals surface area contributed by atoms with Gasteiger partial charge in [0, 0.05) is 0 Å². The number of allylic oxidation sites excluding steroid dienone is 1. The van der Waals surface area contributed by atoms with Crippen LogP contribution in [0.15, 0.2) is 25.5 Å². The van der Waals surface area contributed by atoms with Gasteiger partial charge in [-0.3, -0.25) is 0 Å². The Morgan fingerprint density at radius 3 is 1.75 bits per heavy atom. The van der Waals surface area contributed by atoms with Crippen molar-refractivity contribution >= 4 is 0 Å². The predicted octanol–water partition coefficient (Wildman–Crippen LogP) is 1.14. The third-order valence-electron chi connectivity index (χ3n) is 0.272. The van der Waals surface area contributed by atoms with Crippen molar-refractivity contribution in [3.8, 4) is 0 Å². The molecule has 0 aromatic carbocycles. The molecular weight excluding hydrogens is 104 g/mol. The summed E-state index contributed by atoms with van der Waals surface area (Å²) in [5.74, 6) is 0. The van der Waals surface area contributed by atoms with Crippen LogP contribution < -0.4 is 0 Å². The first-order valence-electron chi connectivity index (χ1n) is 2.05. The average molecular weight is 118 g/mol. The standard InChI is InChI=1S/C4H8O.C2H4.H2O/c1-3-4-5-2;1-2;/h3-4H,1-2H3;1-2H2;1H2. The van der Waals surface area contributed by atoms with E-state index in [0.717, 1.165) is 0 Å². The van der Waals surface area contributed by atoms with Gasteiger partial charge in [-0.2, -0.15) is 0 Å². The van der Waals surface area contributed by atoms with E-state index in [1.165, 1.54) is 0 Å². The summed E-state index contributed by atoms with van der Waals surface area (Å²) in [6.07, 6.45) is 3.46. The average Bonchev–Trinajstić information content (AvgIpc) is 1.75. The molecule has 8 heavy (non-hydrogen) atoms. The SMILES string of the molecule is C=C.CC=COC.O. The van der Waals surface area contributed by atoms with Crippen LogP contribution >= 0.6 is 0 Å². The largest absolute Gasteiger partial charge is 0.505 e.